The number of rotatable bonds is 1. The number of nitrogens with zero attached hydrogens (tertiary/aromatic N) is 2. The van der Waals surface area contributed by atoms with Gasteiger partial charge in [-0.15, -0.1) is 0 Å². The minimum atomic E-state index is -4.96. The van der Waals surface area contributed by atoms with Gasteiger partial charge in [0.1, 0.15) is 11.8 Å². The molecule has 1 saturated heterocycles. The van der Waals surface area contributed by atoms with E-state index < -0.39 is 24.2 Å². The zero-order chi connectivity index (χ0) is 19.9. The van der Waals surface area contributed by atoms with Crippen LogP contribution in [0, 0.1) is 11.3 Å². The molecular weight excluding hydrogens is 371 g/mol. The molecule has 0 saturated carbocycles. The summed E-state index contributed by atoms with van der Waals surface area (Å²) in [6.45, 7) is 0.534. The summed E-state index contributed by atoms with van der Waals surface area (Å²) >= 11 is 0. The summed E-state index contributed by atoms with van der Waals surface area (Å²) in [5, 5.41) is 11.7. The van der Waals surface area contributed by atoms with E-state index in [1.54, 1.807) is 42.5 Å². The fourth-order valence-corrected chi connectivity index (χ4v) is 3.96. The van der Waals surface area contributed by atoms with Crippen LogP contribution < -0.4 is 15.0 Å². The predicted octanol–water partition coefficient (Wildman–Crippen LogP) is 4.05. The normalized spacial score (nSPS) is 20.6. The van der Waals surface area contributed by atoms with Gasteiger partial charge in [-0.05, 0) is 31.0 Å². The number of nitriles is 1. The molecule has 0 aromatic heterocycles. The van der Waals surface area contributed by atoms with E-state index in [4.69, 9.17) is 4.74 Å². The molecular formula is C20H16F3N3O2. The van der Waals surface area contributed by atoms with Gasteiger partial charge in [0, 0.05) is 12.1 Å². The van der Waals surface area contributed by atoms with E-state index in [0.29, 0.717) is 47.7 Å². The van der Waals surface area contributed by atoms with Gasteiger partial charge in [-0.25, -0.2) is 0 Å². The van der Waals surface area contributed by atoms with Gasteiger partial charge in [0.05, 0.1) is 23.3 Å². The maximum Gasteiger partial charge on any atom is 0.471 e. The van der Waals surface area contributed by atoms with Crippen molar-refractivity contribution in [2.45, 2.75) is 31.1 Å². The van der Waals surface area contributed by atoms with Gasteiger partial charge in [0.2, 0.25) is 0 Å². The number of halogens is 3. The topological polar surface area (TPSA) is 65.4 Å². The number of nitrogens with one attached hydrogen (secondary N) is 1. The molecule has 5 nitrogen and oxygen atoms in total. The third kappa shape index (κ3) is 3.03. The molecule has 2 unspecified atom stereocenters. The molecule has 1 N–H and O–H groups in total. The molecule has 0 aliphatic carbocycles. The van der Waals surface area contributed by atoms with Gasteiger partial charge >= 0.3 is 12.1 Å². The molecule has 2 heterocycles. The van der Waals surface area contributed by atoms with Gasteiger partial charge in [0.15, 0.2) is 5.75 Å². The molecule has 0 bridgehead atoms. The van der Waals surface area contributed by atoms with E-state index >= 15 is 0 Å². The van der Waals surface area contributed by atoms with Crippen LogP contribution in [-0.2, 0) is 4.79 Å². The summed E-state index contributed by atoms with van der Waals surface area (Å²) in [6, 6.07) is 12.9. The molecule has 2 aromatic carbocycles. The highest BCUT2D eigenvalue weighted by Gasteiger charge is 2.44. The third-order valence-corrected chi connectivity index (χ3v) is 5.07. The van der Waals surface area contributed by atoms with E-state index in [9.17, 15) is 23.2 Å². The Morgan fingerprint density at radius 3 is 2.68 bits per heavy atom. The quantitative estimate of drug-likeness (QED) is 0.802. The molecule has 8 heteroatoms. The summed E-state index contributed by atoms with van der Waals surface area (Å²) in [5.41, 5.74) is 1.59. The van der Waals surface area contributed by atoms with Crippen LogP contribution in [0.4, 0.5) is 18.9 Å². The second-order valence-electron chi connectivity index (χ2n) is 6.76. The van der Waals surface area contributed by atoms with Crippen molar-refractivity contribution in [3.63, 3.8) is 0 Å². The first-order valence-electron chi connectivity index (χ1n) is 8.84. The maximum atomic E-state index is 12.9. The Morgan fingerprint density at radius 1 is 1.18 bits per heavy atom. The summed E-state index contributed by atoms with van der Waals surface area (Å²) in [5.74, 6) is -0.993. The van der Waals surface area contributed by atoms with Crippen molar-refractivity contribution in [3.05, 3.63) is 53.6 Å². The van der Waals surface area contributed by atoms with Gasteiger partial charge in [0.25, 0.3) is 0 Å². The van der Waals surface area contributed by atoms with Crippen LogP contribution in [0.1, 0.15) is 30.0 Å². The Hall–Kier alpha value is -3.21. The number of piperidine rings is 1. The first-order chi connectivity index (χ1) is 13.4. The maximum absolute atomic E-state index is 12.9. The largest absolute Gasteiger partial charge is 0.471 e. The average molecular weight is 387 g/mol. The van der Waals surface area contributed by atoms with Crippen molar-refractivity contribution < 1.29 is 22.7 Å². The molecule has 1 amide bonds. The number of hydrogen-bond donors (Lipinski definition) is 1. The number of carbonyl (C=O) groups is 1. The van der Waals surface area contributed by atoms with E-state index in [0.717, 1.165) is 0 Å². The fraction of sp³-hybridized carbons (Fsp3) is 0.300. The Kier molecular flexibility index (Phi) is 4.38. The lowest BCUT2D eigenvalue weighted by molar-refractivity contribution is -0.174. The Morgan fingerprint density at radius 2 is 1.93 bits per heavy atom. The lowest BCUT2D eigenvalue weighted by atomic mass is 9.89. The molecule has 2 aliphatic rings. The van der Waals surface area contributed by atoms with Gasteiger partial charge in [-0.2, -0.15) is 18.4 Å². The van der Waals surface area contributed by atoms with E-state index in [2.05, 4.69) is 11.4 Å². The Balaban J connectivity index is 1.85. The zero-order valence-corrected chi connectivity index (χ0v) is 14.7. The average Bonchev–Trinajstić information content (AvgIpc) is 2.82. The number of alkyl halides is 3. The van der Waals surface area contributed by atoms with Crippen molar-refractivity contribution in [3.8, 4) is 17.6 Å². The number of carbonyl (C=O) groups excluding carboxylic acids is 1. The summed E-state index contributed by atoms with van der Waals surface area (Å²) < 4.78 is 44.6. The second-order valence-corrected chi connectivity index (χ2v) is 6.76. The van der Waals surface area contributed by atoms with E-state index in [1.165, 1.54) is 0 Å². The minimum Gasteiger partial charge on any atom is -0.455 e. The van der Waals surface area contributed by atoms with Crippen molar-refractivity contribution in [2.24, 2.45) is 0 Å². The number of anilines is 1. The van der Waals surface area contributed by atoms with Crippen molar-refractivity contribution in [1.82, 2.24) is 5.32 Å². The standard InChI is InChI=1S/C20H16F3N3O2/c21-20(22,23)19(27)25-14-7-4-10-26-17-12(11-24)5-3-9-16(17)28-15-8-2-1-6-13(15)18(14)26/h1-3,5-6,8-9,14,18H,4,7,10H2,(H,25,27). The molecule has 4 rings (SSSR count). The monoisotopic (exact) mass is 387 g/mol. The van der Waals surface area contributed by atoms with Gasteiger partial charge in [-0.3, -0.25) is 4.79 Å². The highest BCUT2D eigenvalue weighted by atomic mass is 19.4. The minimum absolute atomic E-state index is 0.373. The number of fused-ring (bicyclic) bond motifs is 5. The molecule has 0 radical (unpaired) electrons. The number of ether oxygens (including phenoxy) is 1. The highest BCUT2D eigenvalue weighted by Crippen LogP contribution is 2.48. The lowest BCUT2D eigenvalue weighted by Crippen LogP contribution is -2.52. The number of benzene rings is 2. The fourth-order valence-electron chi connectivity index (χ4n) is 3.96. The van der Waals surface area contributed by atoms with Crippen LogP contribution in [0.5, 0.6) is 11.5 Å². The third-order valence-electron chi connectivity index (χ3n) is 5.07. The number of para-hydroxylation sites is 2. The molecule has 1 fully saturated rings. The van der Waals surface area contributed by atoms with Crippen LogP contribution in [-0.4, -0.2) is 24.7 Å². The molecule has 28 heavy (non-hydrogen) atoms. The smallest absolute Gasteiger partial charge is 0.455 e. The van der Waals surface area contributed by atoms with Crippen LogP contribution >= 0.6 is 0 Å². The molecule has 2 atom stereocenters. The second kappa shape index (κ2) is 6.75. The van der Waals surface area contributed by atoms with Crippen molar-refractivity contribution in [1.29, 1.82) is 5.26 Å². The summed E-state index contributed by atoms with van der Waals surface area (Å²) in [7, 11) is 0. The Bertz CT molecular complexity index is 968. The number of hydrogen-bond acceptors (Lipinski definition) is 4. The van der Waals surface area contributed by atoms with Crippen molar-refractivity contribution >= 4 is 11.6 Å². The van der Waals surface area contributed by atoms with E-state index in [1.807, 2.05) is 4.90 Å². The van der Waals surface area contributed by atoms with Crippen molar-refractivity contribution in [2.75, 3.05) is 11.4 Å². The van der Waals surface area contributed by atoms with Crippen LogP contribution in [0.25, 0.3) is 0 Å². The van der Waals surface area contributed by atoms with Gasteiger partial charge < -0.3 is 15.0 Å². The molecule has 2 aromatic rings. The molecule has 0 spiro atoms. The summed E-state index contributed by atoms with van der Waals surface area (Å²) in [4.78, 5) is 13.5. The van der Waals surface area contributed by atoms with Gasteiger partial charge in [-0.1, -0.05) is 24.3 Å². The molecule has 144 valence electrons. The first kappa shape index (κ1) is 18.2. The zero-order valence-electron chi connectivity index (χ0n) is 14.7. The Labute approximate surface area is 159 Å². The van der Waals surface area contributed by atoms with Crippen LogP contribution in [0.15, 0.2) is 42.5 Å². The molecule has 2 aliphatic heterocycles. The highest BCUT2D eigenvalue weighted by molar-refractivity contribution is 5.82. The first-order valence-corrected chi connectivity index (χ1v) is 8.84. The van der Waals surface area contributed by atoms with Crippen LogP contribution in [0.3, 0.4) is 0 Å². The SMILES string of the molecule is N#Cc1cccc2c1N1CCCC(NC(=O)C(F)(F)F)C1c1ccccc1O2. The number of amides is 1. The van der Waals surface area contributed by atoms with E-state index in [-0.39, 0.29) is 0 Å². The summed E-state index contributed by atoms with van der Waals surface area (Å²) in [6.07, 6.45) is -4.00. The predicted molar refractivity (Wildman–Crippen MR) is 95.0 cm³/mol. The lowest BCUT2D eigenvalue weighted by Gasteiger charge is -2.42. The van der Waals surface area contributed by atoms with Crippen LogP contribution in [0.2, 0.25) is 0 Å².